The van der Waals surface area contributed by atoms with Crippen LogP contribution in [0.1, 0.15) is 4.88 Å². The number of hydrogen-bond donors (Lipinski definition) is 3. The van der Waals surface area contributed by atoms with Crippen LogP contribution in [0.2, 0.25) is 0 Å². The van der Waals surface area contributed by atoms with Crippen LogP contribution in [-0.2, 0) is 10.0 Å². The molecule has 0 radical (unpaired) electrons. The Bertz CT molecular complexity index is 1480. The van der Waals surface area contributed by atoms with Crippen molar-refractivity contribution in [1.82, 2.24) is 19.5 Å². The Morgan fingerprint density at radius 2 is 1.88 bits per heavy atom. The number of urea groups is 1. The van der Waals surface area contributed by atoms with Gasteiger partial charge in [0.25, 0.3) is 15.6 Å². The fourth-order valence-corrected chi connectivity index (χ4v) is 5.17. The van der Waals surface area contributed by atoms with Gasteiger partial charge in [-0.15, -0.1) is 21.5 Å². The van der Waals surface area contributed by atoms with Crippen molar-refractivity contribution in [2.24, 2.45) is 0 Å². The maximum atomic E-state index is 12.8. The minimum Gasteiger partial charge on any atom is -0.388 e. The van der Waals surface area contributed by atoms with Gasteiger partial charge in [0.2, 0.25) is 0 Å². The molecular weight excluding hydrogens is 452 g/mol. The molecule has 0 aliphatic rings. The second kappa shape index (κ2) is 8.40. The van der Waals surface area contributed by atoms with E-state index in [4.69, 9.17) is 0 Å². The summed E-state index contributed by atoms with van der Waals surface area (Å²) in [6.45, 7) is 1.77. The first kappa shape index (κ1) is 21.5. The van der Waals surface area contributed by atoms with E-state index in [2.05, 4.69) is 20.8 Å². The Balaban J connectivity index is 1.51. The number of benzene rings is 1. The average Bonchev–Trinajstić information content (AvgIpc) is 3.21. The predicted octanol–water partition coefficient (Wildman–Crippen LogP) is 2.70. The van der Waals surface area contributed by atoms with Gasteiger partial charge in [0.1, 0.15) is 4.21 Å². The summed E-state index contributed by atoms with van der Waals surface area (Å²) in [5, 5.41) is 14.5. The number of amides is 2. The van der Waals surface area contributed by atoms with Crippen molar-refractivity contribution in [1.29, 1.82) is 0 Å². The van der Waals surface area contributed by atoms with Crippen molar-refractivity contribution in [2.45, 2.75) is 11.1 Å². The lowest BCUT2D eigenvalue weighted by Crippen LogP contribution is -2.34. The lowest BCUT2D eigenvalue weighted by molar-refractivity contribution is 0.256. The van der Waals surface area contributed by atoms with Crippen molar-refractivity contribution in [3.8, 4) is 5.82 Å². The summed E-state index contributed by atoms with van der Waals surface area (Å²) < 4.78 is 27.8. The first-order chi connectivity index (χ1) is 15.3. The lowest BCUT2D eigenvalue weighted by atomic mass is 10.1. The van der Waals surface area contributed by atoms with Gasteiger partial charge in [-0.2, -0.15) is 0 Å². The van der Waals surface area contributed by atoms with E-state index >= 15 is 0 Å². The van der Waals surface area contributed by atoms with E-state index < -0.39 is 16.1 Å². The summed E-state index contributed by atoms with van der Waals surface area (Å²) >= 11 is 1.05. The number of aryl methyl sites for hydroxylation is 1. The molecule has 10 nitrogen and oxygen atoms in total. The van der Waals surface area contributed by atoms with Crippen molar-refractivity contribution in [3.63, 3.8) is 0 Å². The molecule has 4 aromatic rings. The Kier molecular flexibility index (Phi) is 5.63. The number of aromatic nitrogens is 3. The van der Waals surface area contributed by atoms with Crippen LogP contribution in [0.15, 0.2) is 63.7 Å². The first-order valence-corrected chi connectivity index (χ1v) is 11.6. The van der Waals surface area contributed by atoms with Gasteiger partial charge >= 0.3 is 6.03 Å². The number of anilines is 2. The van der Waals surface area contributed by atoms with Crippen LogP contribution >= 0.6 is 11.3 Å². The number of carbonyl (C=O) groups is 1. The number of carbonyl (C=O) groups excluding carboxylic acids is 1. The van der Waals surface area contributed by atoms with Crippen LogP contribution in [0.25, 0.3) is 16.6 Å². The molecule has 0 saturated carbocycles. The summed E-state index contributed by atoms with van der Waals surface area (Å²) in [5.41, 5.74) is 0.620. The molecule has 0 unspecified atom stereocenters. The number of pyridine rings is 1. The van der Waals surface area contributed by atoms with E-state index in [0.29, 0.717) is 5.39 Å². The maximum Gasteiger partial charge on any atom is 0.334 e. The largest absolute Gasteiger partial charge is 0.388 e. The van der Waals surface area contributed by atoms with Gasteiger partial charge in [0.15, 0.2) is 11.6 Å². The molecule has 0 atom stereocenters. The van der Waals surface area contributed by atoms with Crippen molar-refractivity contribution in [2.75, 3.05) is 17.7 Å². The van der Waals surface area contributed by atoms with E-state index in [1.165, 1.54) is 22.8 Å². The first-order valence-electron chi connectivity index (χ1n) is 9.34. The van der Waals surface area contributed by atoms with Gasteiger partial charge in [-0.05, 0) is 60.8 Å². The molecule has 12 heteroatoms. The molecule has 0 bridgehead atoms. The van der Waals surface area contributed by atoms with Crippen molar-refractivity contribution in [3.05, 3.63) is 70.0 Å². The number of nitrogens with one attached hydrogen (secondary N) is 3. The Labute approximate surface area is 187 Å². The average molecular weight is 471 g/mol. The zero-order chi connectivity index (χ0) is 22.9. The van der Waals surface area contributed by atoms with Gasteiger partial charge in [-0.1, -0.05) is 0 Å². The highest BCUT2D eigenvalue weighted by atomic mass is 32.2. The molecule has 0 aliphatic carbocycles. The zero-order valence-electron chi connectivity index (χ0n) is 17.0. The molecular formula is C20H18N6O4S2. The van der Waals surface area contributed by atoms with Gasteiger partial charge in [-0.3, -0.25) is 14.7 Å². The quantitative estimate of drug-likeness (QED) is 0.408. The third-order valence-corrected chi connectivity index (χ3v) is 7.36. The molecule has 3 aromatic heterocycles. The molecule has 4 rings (SSSR count). The van der Waals surface area contributed by atoms with E-state index in [0.717, 1.165) is 27.3 Å². The topological polar surface area (TPSA) is 135 Å². The summed E-state index contributed by atoms with van der Waals surface area (Å²) in [4.78, 5) is 25.7. The highest BCUT2D eigenvalue weighted by Crippen LogP contribution is 2.20. The molecule has 0 spiro atoms. The van der Waals surface area contributed by atoms with E-state index in [9.17, 15) is 18.0 Å². The van der Waals surface area contributed by atoms with Crippen LogP contribution < -0.4 is 20.9 Å². The molecule has 164 valence electrons. The predicted molar refractivity (Wildman–Crippen MR) is 123 cm³/mol. The molecule has 3 heterocycles. The third kappa shape index (κ3) is 4.31. The highest BCUT2D eigenvalue weighted by molar-refractivity contribution is 7.92. The summed E-state index contributed by atoms with van der Waals surface area (Å²) in [6.07, 6.45) is 1.59. The smallest absolute Gasteiger partial charge is 0.334 e. The van der Waals surface area contributed by atoms with E-state index in [1.807, 2.05) is 10.8 Å². The molecule has 1 aromatic carbocycles. The SMILES string of the molecule is CNc1ccc2c(=O)n(-c3ccc(NC(=O)NS(=O)(=O)c4ccc(C)s4)nn3)ccc2c1. The minimum absolute atomic E-state index is 0.0244. The fraction of sp³-hybridized carbons (Fsp3) is 0.100. The summed E-state index contributed by atoms with van der Waals surface area (Å²) in [6, 6.07) is 12.2. The molecule has 0 aliphatic heterocycles. The number of thiophene rings is 1. The molecule has 32 heavy (non-hydrogen) atoms. The van der Waals surface area contributed by atoms with Crippen LogP contribution in [0.3, 0.4) is 0 Å². The normalized spacial score (nSPS) is 11.3. The van der Waals surface area contributed by atoms with Gasteiger partial charge < -0.3 is 5.32 Å². The number of hydrogen-bond acceptors (Lipinski definition) is 8. The number of nitrogens with zero attached hydrogens (tertiary/aromatic N) is 3. The summed E-state index contributed by atoms with van der Waals surface area (Å²) in [7, 11) is -2.19. The third-order valence-electron chi connectivity index (χ3n) is 4.54. The maximum absolute atomic E-state index is 12.8. The van der Waals surface area contributed by atoms with Gasteiger partial charge in [0.05, 0.1) is 0 Å². The van der Waals surface area contributed by atoms with Gasteiger partial charge in [0, 0.05) is 29.2 Å². The molecule has 2 amide bonds. The monoisotopic (exact) mass is 470 g/mol. The molecule has 3 N–H and O–H groups in total. The summed E-state index contributed by atoms with van der Waals surface area (Å²) in [5.74, 6) is 0.276. The van der Waals surface area contributed by atoms with E-state index in [1.54, 1.807) is 44.4 Å². The number of fused-ring (bicyclic) bond motifs is 1. The standard InChI is InChI=1S/C20H18N6O4S2/c1-12-3-8-18(31-12)32(29,30)25-20(28)22-16-6-7-17(24-23-16)26-10-9-13-11-14(21-2)4-5-15(13)19(26)27/h3-11,21H,1-2H3,(H2,22,23,25,28). The lowest BCUT2D eigenvalue weighted by Gasteiger charge is -2.09. The molecule has 0 saturated heterocycles. The highest BCUT2D eigenvalue weighted by Gasteiger charge is 2.19. The van der Waals surface area contributed by atoms with Crippen molar-refractivity contribution >= 4 is 49.7 Å². The Hall–Kier alpha value is -3.77. The Morgan fingerprint density at radius 3 is 2.53 bits per heavy atom. The fourth-order valence-electron chi connectivity index (χ4n) is 2.97. The second-order valence-corrected chi connectivity index (χ2v) is 9.94. The Morgan fingerprint density at radius 1 is 1.06 bits per heavy atom. The van der Waals surface area contributed by atoms with Crippen LogP contribution in [-0.4, -0.2) is 36.3 Å². The van der Waals surface area contributed by atoms with E-state index in [-0.39, 0.29) is 21.4 Å². The van der Waals surface area contributed by atoms with Crippen LogP contribution in [0.5, 0.6) is 0 Å². The number of sulfonamides is 1. The van der Waals surface area contributed by atoms with Crippen LogP contribution in [0.4, 0.5) is 16.3 Å². The molecule has 0 fully saturated rings. The van der Waals surface area contributed by atoms with Gasteiger partial charge in [-0.25, -0.2) is 17.9 Å². The zero-order valence-corrected chi connectivity index (χ0v) is 18.6. The second-order valence-electron chi connectivity index (χ2n) is 6.74. The minimum atomic E-state index is -3.98. The van der Waals surface area contributed by atoms with Crippen molar-refractivity contribution < 1.29 is 13.2 Å². The van der Waals surface area contributed by atoms with Crippen LogP contribution in [0, 0.1) is 6.92 Å². The number of rotatable bonds is 5.